The highest BCUT2D eigenvalue weighted by atomic mass is 16.5. The average Bonchev–Trinajstić information content (AvgIpc) is 3.05. The van der Waals surface area contributed by atoms with E-state index < -0.39 is 5.60 Å². The maximum atomic E-state index is 9.85. The Balaban J connectivity index is 1.68. The Morgan fingerprint density at radius 1 is 1.17 bits per heavy atom. The maximum Gasteiger partial charge on any atom is 0.258 e. The lowest BCUT2D eigenvalue weighted by molar-refractivity contribution is 0.0420. The van der Waals surface area contributed by atoms with Gasteiger partial charge in [0.25, 0.3) is 5.89 Å². The zero-order valence-electron chi connectivity index (χ0n) is 12.9. The molecule has 6 nitrogen and oxygen atoms in total. The first-order valence-corrected chi connectivity index (χ1v) is 7.21. The molecule has 0 aliphatic rings. The maximum absolute atomic E-state index is 9.85. The third kappa shape index (κ3) is 3.73. The lowest BCUT2D eigenvalue weighted by Crippen LogP contribution is -2.15. The quantitative estimate of drug-likeness (QED) is 0.780. The molecule has 0 spiro atoms. The third-order valence-electron chi connectivity index (χ3n) is 3.19. The lowest BCUT2D eigenvalue weighted by atomic mass is 10.1. The number of aliphatic hydroxyl groups is 1. The van der Waals surface area contributed by atoms with Crippen LogP contribution in [0.3, 0.4) is 0 Å². The van der Waals surface area contributed by atoms with E-state index in [1.807, 2.05) is 36.4 Å². The molecule has 0 unspecified atom stereocenters. The van der Waals surface area contributed by atoms with Gasteiger partial charge in [-0.1, -0.05) is 11.2 Å². The number of aromatic nitrogens is 3. The fraction of sp³-hybridized carbons (Fsp3) is 0.235. The first kappa shape index (κ1) is 15.2. The van der Waals surface area contributed by atoms with Crippen LogP contribution in [-0.2, 0) is 12.2 Å². The summed E-state index contributed by atoms with van der Waals surface area (Å²) in [7, 11) is 0. The van der Waals surface area contributed by atoms with Crippen LogP contribution < -0.4 is 4.74 Å². The third-order valence-corrected chi connectivity index (χ3v) is 3.19. The number of hydrogen-bond donors (Lipinski definition) is 1. The second-order valence-electron chi connectivity index (χ2n) is 5.66. The molecule has 0 aliphatic carbocycles. The number of rotatable bonds is 5. The number of hydrogen-bond acceptors (Lipinski definition) is 6. The van der Waals surface area contributed by atoms with Crippen LogP contribution in [0.25, 0.3) is 11.4 Å². The molecule has 1 N–H and O–H groups in total. The smallest absolute Gasteiger partial charge is 0.258 e. The Kier molecular flexibility index (Phi) is 4.08. The monoisotopic (exact) mass is 311 g/mol. The molecule has 0 fully saturated rings. The summed E-state index contributed by atoms with van der Waals surface area (Å²) in [5.41, 5.74) is 0.639. The summed E-state index contributed by atoms with van der Waals surface area (Å²) in [6, 6.07) is 11.2. The Morgan fingerprint density at radius 3 is 2.57 bits per heavy atom. The molecule has 3 rings (SSSR count). The van der Waals surface area contributed by atoms with Gasteiger partial charge in [0, 0.05) is 23.5 Å². The fourth-order valence-corrected chi connectivity index (χ4v) is 1.94. The first-order chi connectivity index (χ1) is 11.0. The van der Waals surface area contributed by atoms with Gasteiger partial charge in [-0.15, -0.1) is 0 Å². The molecule has 6 heteroatoms. The Hall–Kier alpha value is -2.73. The van der Waals surface area contributed by atoms with Gasteiger partial charge < -0.3 is 14.4 Å². The zero-order valence-corrected chi connectivity index (χ0v) is 12.9. The second-order valence-corrected chi connectivity index (χ2v) is 5.66. The molecule has 23 heavy (non-hydrogen) atoms. The highest BCUT2D eigenvalue weighted by molar-refractivity contribution is 5.55. The summed E-state index contributed by atoms with van der Waals surface area (Å²) in [6.45, 7) is 3.65. The van der Waals surface area contributed by atoms with Gasteiger partial charge in [0.1, 0.15) is 18.0 Å². The van der Waals surface area contributed by atoms with Crippen molar-refractivity contribution in [2.45, 2.75) is 26.1 Å². The largest absolute Gasteiger partial charge is 0.489 e. The molecule has 0 bridgehead atoms. The van der Waals surface area contributed by atoms with Crippen molar-refractivity contribution in [3.63, 3.8) is 0 Å². The lowest BCUT2D eigenvalue weighted by Gasteiger charge is -2.09. The minimum Gasteiger partial charge on any atom is -0.489 e. The van der Waals surface area contributed by atoms with Crippen LogP contribution >= 0.6 is 0 Å². The van der Waals surface area contributed by atoms with E-state index in [0.717, 1.165) is 16.9 Å². The van der Waals surface area contributed by atoms with E-state index in [9.17, 15) is 5.11 Å². The van der Waals surface area contributed by atoms with E-state index in [-0.39, 0.29) is 5.89 Å². The summed E-state index contributed by atoms with van der Waals surface area (Å²) in [5.74, 6) is 1.36. The summed E-state index contributed by atoms with van der Waals surface area (Å²) in [4.78, 5) is 8.24. The molecule has 0 amide bonds. The van der Waals surface area contributed by atoms with Crippen LogP contribution in [0.2, 0.25) is 0 Å². The van der Waals surface area contributed by atoms with E-state index in [2.05, 4.69) is 15.1 Å². The van der Waals surface area contributed by atoms with Crippen LogP contribution in [-0.4, -0.2) is 20.2 Å². The van der Waals surface area contributed by atoms with Crippen LogP contribution in [0, 0.1) is 0 Å². The molecular formula is C17H17N3O3. The van der Waals surface area contributed by atoms with Crippen molar-refractivity contribution in [3.05, 3.63) is 60.2 Å². The van der Waals surface area contributed by atoms with Gasteiger partial charge in [0.05, 0.1) is 0 Å². The molecule has 2 heterocycles. The van der Waals surface area contributed by atoms with Crippen molar-refractivity contribution < 1.29 is 14.4 Å². The standard InChI is InChI=1S/C17H17N3O3/c1-17(2,21)16-19-15(20-23-16)13-5-7-14(8-6-13)22-11-12-4-3-9-18-10-12/h3-10,21H,11H2,1-2H3. The van der Waals surface area contributed by atoms with Gasteiger partial charge >= 0.3 is 0 Å². The normalized spacial score (nSPS) is 11.4. The summed E-state index contributed by atoms with van der Waals surface area (Å²) in [5, 5.41) is 13.7. The van der Waals surface area contributed by atoms with Gasteiger partial charge in [0.2, 0.25) is 5.82 Å². The topological polar surface area (TPSA) is 81.3 Å². The highest BCUT2D eigenvalue weighted by Gasteiger charge is 2.24. The van der Waals surface area contributed by atoms with Gasteiger partial charge in [-0.25, -0.2) is 0 Å². The van der Waals surface area contributed by atoms with E-state index in [1.165, 1.54) is 0 Å². The van der Waals surface area contributed by atoms with E-state index in [4.69, 9.17) is 9.26 Å². The predicted octanol–water partition coefficient (Wildman–Crippen LogP) is 2.94. The van der Waals surface area contributed by atoms with Gasteiger partial charge in [-0.3, -0.25) is 4.98 Å². The SMILES string of the molecule is CC(C)(O)c1nc(-c2ccc(OCc3cccnc3)cc2)no1. The van der Waals surface area contributed by atoms with Crippen molar-refractivity contribution in [1.82, 2.24) is 15.1 Å². The van der Waals surface area contributed by atoms with Crippen LogP contribution in [0.5, 0.6) is 5.75 Å². The van der Waals surface area contributed by atoms with Crippen molar-refractivity contribution >= 4 is 0 Å². The summed E-state index contributed by atoms with van der Waals surface area (Å²) >= 11 is 0. The Bertz CT molecular complexity index is 762. The van der Waals surface area contributed by atoms with Crippen LogP contribution in [0.4, 0.5) is 0 Å². The van der Waals surface area contributed by atoms with Crippen molar-refractivity contribution in [2.24, 2.45) is 0 Å². The fourth-order valence-electron chi connectivity index (χ4n) is 1.94. The highest BCUT2D eigenvalue weighted by Crippen LogP contribution is 2.24. The van der Waals surface area contributed by atoms with E-state index >= 15 is 0 Å². The summed E-state index contributed by atoms with van der Waals surface area (Å²) in [6.07, 6.45) is 3.50. The predicted molar refractivity (Wildman–Crippen MR) is 83.5 cm³/mol. The minimum absolute atomic E-state index is 0.185. The molecule has 0 radical (unpaired) electrons. The molecule has 118 valence electrons. The average molecular weight is 311 g/mol. The molecule has 0 atom stereocenters. The number of benzene rings is 1. The second kappa shape index (κ2) is 6.18. The van der Waals surface area contributed by atoms with Crippen molar-refractivity contribution in [3.8, 4) is 17.1 Å². The van der Waals surface area contributed by atoms with E-state index in [1.54, 1.807) is 26.2 Å². The minimum atomic E-state index is -1.15. The zero-order chi connectivity index (χ0) is 16.3. The first-order valence-electron chi connectivity index (χ1n) is 7.21. The van der Waals surface area contributed by atoms with Crippen molar-refractivity contribution in [2.75, 3.05) is 0 Å². The molecule has 0 saturated heterocycles. The molecular weight excluding hydrogens is 294 g/mol. The molecule has 0 aliphatic heterocycles. The van der Waals surface area contributed by atoms with Crippen LogP contribution in [0.15, 0.2) is 53.3 Å². The molecule has 1 aromatic carbocycles. The number of ether oxygens (including phenoxy) is 1. The van der Waals surface area contributed by atoms with Gasteiger partial charge in [-0.05, 0) is 44.2 Å². The molecule has 0 saturated carbocycles. The van der Waals surface area contributed by atoms with Gasteiger partial charge in [0.15, 0.2) is 0 Å². The van der Waals surface area contributed by atoms with Crippen molar-refractivity contribution in [1.29, 1.82) is 0 Å². The Labute approximate surface area is 133 Å². The number of nitrogens with zero attached hydrogens (tertiary/aromatic N) is 3. The van der Waals surface area contributed by atoms with Crippen LogP contribution in [0.1, 0.15) is 25.3 Å². The Morgan fingerprint density at radius 2 is 1.96 bits per heavy atom. The van der Waals surface area contributed by atoms with E-state index in [0.29, 0.717) is 12.4 Å². The molecule has 3 aromatic rings. The summed E-state index contributed by atoms with van der Waals surface area (Å²) < 4.78 is 10.8. The molecule has 2 aromatic heterocycles. The van der Waals surface area contributed by atoms with Gasteiger partial charge in [-0.2, -0.15) is 4.98 Å². The number of pyridine rings is 1.